The molecule has 0 amide bonds. The SMILES string of the molecule is C=C/C(CCCC1=CCC(CC(N)C(O)OC)S1)=N\C1=CCCCN1. The van der Waals surface area contributed by atoms with Gasteiger partial charge in [-0.05, 0) is 62.0 Å². The van der Waals surface area contributed by atoms with Crippen molar-refractivity contribution in [2.75, 3.05) is 13.7 Å². The van der Waals surface area contributed by atoms with Crippen molar-refractivity contribution in [1.82, 2.24) is 5.32 Å². The van der Waals surface area contributed by atoms with E-state index in [0.29, 0.717) is 5.25 Å². The molecule has 0 fully saturated rings. The van der Waals surface area contributed by atoms with Gasteiger partial charge >= 0.3 is 0 Å². The second-order valence-corrected chi connectivity index (χ2v) is 7.92. The summed E-state index contributed by atoms with van der Waals surface area (Å²) in [5.74, 6) is 0.987. The van der Waals surface area contributed by atoms with E-state index >= 15 is 0 Å². The minimum atomic E-state index is -0.876. The molecule has 0 aromatic rings. The second kappa shape index (κ2) is 10.8. The van der Waals surface area contributed by atoms with Gasteiger partial charge in [0.05, 0.1) is 6.04 Å². The van der Waals surface area contributed by atoms with Crippen molar-refractivity contribution in [2.45, 2.75) is 62.5 Å². The average Bonchev–Trinajstić information content (AvgIpc) is 3.08. The van der Waals surface area contributed by atoms with Gasteiger partial charge in [0.2, 0.25) is 0 Å². The lowest BCUT2D eigenvalue weighted by molar-refractivity contribution is -0.0905. The molecule has 2 aliphatic heterocycles. The molecule has 0 spiro atoms. The Kier molecular flexibility index (Phi) is 8.75. The highest BCUT2D eigenvalue weighted by Gasteiger charge is 2.23. The topological polar surface area (TPSA) is 79.9 Å². The molecular formula is C19H31N3O2S. The lowest BCUT2D eigenvalue weighted by Gasteiger charge is -2.20. The zero-order valence-electron chi connectivity index (χ0n) is 15.1. The molecule has 5 nitrogen and oxygen atoms in total. The van der Waals surface area contributed by atoms with Crippen LogP contribution in [0.25, 0.3) is 0 Å². The van der Waals surface area contributed by atoms with E-state index in [-0.39, 0.29) is 6.04 Å². The Labute approximate surface area is 155 Å². The third-order valence-corrected chi connectivity index (χ3v) is 5.84. The van der Waals surface area contributed by atoms with Crippen LogP contribution in [0.3, 0.4) is 0 Å². The van der Waals surface area contributed by atoms with Gasteiger partial charge in [0.1, 0.15) is 5.82 Å². The van der Waals surface area contributed by atoms with Crippen LogP contribution in [0.4, 0.5) is 0 Å². The third-order valence-electron chi connectivity index (χ3n) is 4.45. The number of aliphatic hydroxyl groups excluding tert-OH is 1. The van der Waals surface area contributed by atoms with Crippen LogP contribution in [-0.4, -0.2) is 42.1 Å². The highest BCUT2D eigenvalue weighted by atomic mass is 32.2. The predicted octanol–water partition coefficient (Wildman–Crippen LogP) is 3.08. The number of aliphatic hydroxyl groups is 1. The van der Waals surface area contributed by atoms with Crippen LogP contribution in [0.5, 0.6) is 0 Å². The fraction of sp³-hybridized carbons (Fsp3) is 0.632. The van der Waals surface area contributed by atoms with Crippen LogP contribution in [0.15, 0.2) is 40.5 Å². The number of rotatable bonds is 10. The number of nitrogens with zero attached hydrogens (tertiary/aromatic N) is 1. The Balaban J connectivity index is 1.70. The van der Waals surface area contributed by atoms with Gasteiger partial charge in [0.25, 0.3) is 0 Å². The van der Waals surface area contributed by atoms with E-state index in [9.17, 15) is 5.11 Å². The minimum Gasteiger partial charge on any atom is -0.370 e. The first-order valence-corrected chi connectivity index (χ1v) is 9.96. The van der Waals surface area contributed by atoms with Gasteiger partial charge in [0.15, 0.2) is 6.29 Å². The quantitative estimate of drug-likeness (QED) is 0.409. The number of hydrogen-bond donors (Lipinski definition) is 3. The zero-order chi connectivity index (χ0) is 18.1. The average molecular weight is 366 g/mol. The number of nitrogens with two attached hydrogens (primary N) is 1. The Morgan fingerprint density at radius 1 is 1.60 bits per heavy atom. The summed E-state index contributed by atoms with van der Waals surface area (Å²) in [5.41, 5.74) is 7.00. The first kappa shape index (κ1) is 20.2. The summed E-state index contributed by atoms with van der Waals surface area (Å²) in [6.45, 7) is 4.90. The maximum absolute atomic E-state index is 9.61. The fourth-order valence-electron chi connectivity index (χ4n) is 2.99. The van der Waals surface area contributed by atoms with Crippen LogP contribution in [0.2, 0.25) is 0 Å². The molecule has 0 radical (unpaired) electrons. The molecule has 0 aliphatic carbocycles. The molecule has 2 rings (SSSR count). The van der Waals surface area contributed by atoms with Gasteiger partial charge in [-0.25, -0.2) is 4.99 Å². The molecule has 6 heteroatoms. The molecule has 0 saturated heterocycles. The fourth-order valence-corrected chi connectivity index (χ4v) is 4.38. The number of nitrogens with one attached hydrogen (secondary N) is 1. The summed E-state index contributed by atoms with van der Waals surface area (Å²) in [5, 5.41) is 13.4. The van der Waals surface area contributed by atoms with E-state index in [2.05, 4.69) is 29.0 Å². The van der Waals surface area contributed by atoms with Crippen molar-refractivity contribution in [3.8, 4) is 0 Å². The molecular weight excluding hydrogens is 334 g/mol. The Morgan fingerprint density at radius 2 is 2.44 bits per heavy atom. The summed E-state index contributed by atoms with van der Waals surface area (Å²) in [7, 11) is 1.48. The van der Waals surface area contributed by atoms with E-state index in [1.54, 1.807) is 0 Å². The van der Waals surface area contributed by atoms with Crippen LogP contribution in [0.1, 0.15) is 44.9 Å². The lowest BCUT2D eigenvalue weighted by atomic mass is 10.1. The number of aliphatic imine (C=N–C) groups is 1. The van der Waals surface area contributed by atoms with Crippen molar-refractivity contribution < 1.29 is 9.84 Å². The largest absolute Gasteiger partial charge is 0.370 e. The summed E-state index contributed by atoms with van der Waals surface area (Å²) in [4.78, 5) is 6.08. The minimum absolute atomic E-state index is 0.328. The predicted molar refractivity (Wildman–Crippen MR) is 106 cm³/mol. The van der Waals surface area contributed by atoms with E-state index < -0.39 is 6.29 Å². The maximum atomic E-state index is 9.61. The molecule has 25 heavy (non-hydrogen) atoms. The molecule has 0 aromatic heterocycles. The van der Waals surface area contributed by atoms with Gasteiger partial charge in [-0.3, -0.25) is 0 Å². The normalized spacial score (nSPS) is 23.5. The zero-order valence-corrected chi connectivity index (χ0v) is 15.9. The van der Waals surface area contributed by atoms with Crippen LogP contribution in [-0.2, 0) is 4.74 Å². The first-order valence-electron chi connectivity index (χ1n) is 9.08. The van der Waals surface area contributed by atoms with Gasteiger partial charge in [-0.1, -0.05) is 12.7 Å². The standard InChI is InChI=1S/C19H31N3O2S/c1-3-14(22-18-9-4-5-12-21-18)7-6-8-15-10-11-16(25-15)13-17(20)19(23)24-2/h3,9-10,16-17,19,21,23H,1,4-8,11-13,20H2,2H3/b22-14+. The molecule has 0 aromatic carbocycles. The Bertz CT molecular complexity index is 531. The highest BCUT2D eigenvalue weighted by molar-refractivity contribution is 8.03. The number of hydrogen-bond acceptors (Lipinski definition) is 6. The highest BCUT2D eigenvalue weighted by Crippen LogP contribution is 2.37. The number of ether oxygens (including phenoxy) is 1. The van der Waals surface area contributed by atoms with E-state index in [4.69, 9.17) is 10.5 Å². The molecule has 0 saturated carbocycles. The summed E-state index contributed by atoms with van der Waals surface area (Å²) < 4.78 is 4.89. The number of thioether (sulfide) groups is 1. The van der Waals surface area contributed by atoms with Crippen molar-refractivity contribution in [3.05, 3.63) is 35.5 Å². The maximum Gasteiger partial charge on any atom is 0.169 e. The number of allylic oxidation sites excluding steroid dienone is 4. The summed E-state index contributed by atoms with van der Waals surface area (Å²) in [6, 6.07) is -0.328. The summed E-state index contributed by atoms with van der Waals surface area (Å²) in [6.07, 6.45) is 12.6. The molecule has 2 aliphatic rings. The molecule has 3 unspecified atom stereocenters. The van der Waals surface area contributed by atoms with Crippen LogP contribution in [0, 0.1) is 0 Å². The van der Waals surface area contributed by atoms with E-state index in [1.807, 2.05) is 17.8 Å². The molecule has 4 N–H and O–H groups in total. The third kappa shape index (κ3) is 6.98. The molecule has 3 atom stereocenters. The number of methoxy groups -OCH3 is 1. The van der Waals surface area contributed by atoms with Crippen LogP contribution >= 0.6 is 11.8 Å². The van der Waals surface area contributed by atoms with E-state index in [0.717, 1.165) is 56.6 Å². The smallest absolute Gasteiger partial charge is 0.169 e. The van der Waals surface area contributed by atoms with E-state index in [1.165, 1.54) is 18.4 Å². The van der Waals surface area contributed by atoms with Gasteiger partial charge in [-0.15, -0.1) is 11.8 Å². The monoisotopic (exact) mass is 365 g/mol. The summed E-state index contributed by atoms with van der Waals surface area (Å²) >= 11 is 1.89. The Hall–Kier alpha value is -1.08. The van der Waals surface area contributed by atoms with Crippen molar-refractivity contribution >= 4 is 17.5 Å². The van der Waals surface area contributed by atoms with Crippen LogP contribution < -0.4 is 11.1 Å². The molecule has 140 valence electrons. The second-order valence-electron chi connectivity index (χ2n) is 6.49. The van der Waals surface area contributed by atoms with Gasteiger partial charge in [0, 0.05) is 24.6 Å². The lowest BCUT2D eigenvalue weighted by Crippen LogP contribution is -2.37. The van der Waals surface area contributed by atoms with Gasteiger partial charge < -0.3 is 20.9 Å². The Morgan fingerprint density at radius 3 is 3.12 bits per heavy atom. The van der Waals surface area contributed by atoms with Crippen molar-refractivity contribution in [1.29, 1.82) is 0 Å². The molecule has 2 heterocycles. The van der Waals surface area contributed by atoms with Crippen molar-refractivity contribution in [2.24, 2.45) is 10.7 Å². The molecule has 0 bridgehead atoms. The van der Waals surface area contributed by atoms with Crippen molar-refractivity contribution in [3.63, 3.8) is 0 Å². The van der Waals surface area contributed by atoms with Gasteiger partial charge in [-0.2, -0.15) is 0 Å². The first-order chi connectivity index (χ1) is 12.1.